The molecule has 2 aromatic heterocycles. The van der Waals surface area contributed by atoms with Gasteiger partial charge in [0.1, 0.15) is 11.4 Å². The molecule has 0 aliphatic heterocycles. The Morgan fingerprint density at radius 2 is 0.700 bits per heavy atom. The minimum absolute atomic E-state index is 0.552. The van der Waals surface area contributed by atoms with Gasteiger partial charge in [-0.15, -0.1) is 10.2 Å². The van der Waals surface area contributed by atoms with E-state index in [0.29, 0.717) is 13.8 Å². The predicted octanol–water partition coefficient (Wildman–Crippen LogP) is 8.01. The molecule has 0 aliphatic rings. The lowest BCUT2D eigenvalue weighted by atomic mass is 10.00. The number of hydrogen-bond acceptors (Lipinski definition) is 4. The lowest BCUT2D eigenvalue weighted by molar-refractivity contribution is -0.400. The highest BCUT2D eigenvalue weighted by molar-refractivity contribution is 5.52. The predicted molar refractivity (Wildman–Crippen MR) is 90.5 cm³/mol. The van der Waals surface area contributed by atoms with Crippen LogP contribution < -0.4 is 0 Å². The molecule has 2 heterocycles. The van der Waals surface area contributed by atoms with E-state index in [2.05, 4.69) is 20.4 Å². The third-order valence-electron chi connectivity index (χ3n) is 4.96. The van der Waals surface area contributed by atoms with Gasteiger partial charge >= 0.3 is 47.9 Å². The molecule has 0 atom stereocenters. The van der Waals surface area contributed by atoms with Crippen LogP contribution in [0.25, 0.3) is 0 Å². The Kier molecular flexibility index (Phi) is 7.53. The second-order valence-corrected chi connectivity index (χ2v) is 7.73. The number of hydrogen-bond donors (Lipinski definition) is 2. The largest absolute Gasteiger partial charge is 0.460 e. The summed E-state index contributed by atoms with van der Waals surface area (Å²) in [5.74, 6) is -42.6. The maximum atomic E-state index is 14.3. The fourth-order valence-corrected chi connectivity index (χ4v) is 2.68. The Morgan fingerprint density at radius 1 is 0.450 bits per heavy atom. The van der Waals surface area contributed by atoms with Crippen molar-refractivity contribution in [3.8, 4) is 0 Å². The summed E-state index contributed by atoms with van der Waals surface area (Å²) in [5, 5.41) is 12.8. The Balaban J connectivity index is 2.69. The highest BCUT2D eigenvalue weighted by Gasteiger charge is 2.84. The van der Waals surface area contributed by atoms with E-state index in [1.54, 1.807) is 0 Å². The molecule has 2 aromatic rings. The molecule has 40 heavy (non-hydrogen) atoms. The fraction of sp³-hybridized carbons (Fsp3) is 0.625. The molecule has 6 nitrogen and oxygen atoms in total. The van der Waals surface area contributed by atoms with Gasteiger partial charge in [0.15, 0.2) is 11.4 Å². The van der Waals surface area contributed by atoms with Crippen molar-refractivity contribution in [3.05, 3.63) is 22.8 Å². The van der Waals surface area contributed by atoms with E-state index in [1.807, 2.05) is 0 Å². The van der Waals surface area contributed by atoms with Gasteiger partial charge in [-0.2, -0.15) is 89.2 Å². The van der Waals surface area contributed by atoms with Gasteiger partial charge in [-0.1, -0.05) is 0 Å². The molecule has 228 valence electrons. The number of halogens is 18. The topological polar surface area (TPSA) is 82.1 Å². The maximum absolute atomic E-state index is 14.3. The molecule has 0 aliphatic carbocycles. The number of alkyl halides is 18. The van der Waals surface area contributed by atoms with Crippen LogP contribution in [0.5, 0.6) is 0 Å². The first-order valence-corrected chi connectivity index (χ1v) is 9.44. The van der Waals surface area contributed by atoms with Crippen molar-refractivity contribution >= 4 is 11.4 Å². The van der Waals surface area contributed by atoms with Crippen molar-refractivity contribution in [2.75, 3.05) is 0 Å². The summed E-state index contributed by atoms with van der Waals surface area (Å²) in [6.45, 7) is 1.10. The summed E-state index contributed by atoms with van der Waals surface area (Å²) in [5.41, 5.74) is -11.2. The van der Waals surface area contributed by atoms with Gasteiger partial charge in [-0.3, -0.25) is 10.2 Å². The minimum atomic E-state index is -7.42. The summed E-state index contributed by atoms with van der Waals surface area (Å²) in [6, 6.07) is 0. The molecule has 0 unspecified atom stereocenters. The molecule has 0 saturated carbocycles. The number of nitrogens with zero attached hydrogens (tertiary/aromatic N) is 4. The quantitative estimate of drug-likeness (QED) is 0.230. The molecule has 0 aromatic carbocycles. The summed E-state index contributed by atoms with van der Waals surface area (Å²) in [7, 11) is 0. The molecule has 2 N–H and O–H groups in total. The lowest BCUT2D eigenvalue weighted by Crippen LogP contribution is -2.59. The average molecular weight is 626 g/mol. The van der Waals surface area contributed by atoms with Crippen LogP contribution in [-0.2, 0) is 11.8 Å². The SMILES string of the molecule is Cc1[nH]nc(C(F)(F)C(F)(F)C(F)(F)C(F)(F)F)c1N=Nc1c(C(F)(F)C(F)(F)C(F)(F)C(F)(F)F)n[nH]c1C. The zero-order valence-corrected chi connectivity index (χ0v) is 18.6. The molecule has 2 rings (SSSR count). The third kappa shape index (κ3) is 4.51. The first kappa shape index (κ1) is 33.0. The fourth-order valence-electron chi connectivity index (χ4n) is 2.68. The number of aromatic amines is 2. The number of nitrogens with one attached hydrogen (secondary N) is 2. The number of H-pyrrole nitrogens is 2. The first-order chi connectivity index (χ1) is 17.5. The smallest absolute Gasteiger partial charge is 0.280 e. The van der Waals surface area contributed by atoms with Crippen molar-refractivity contribution < 1.29 is 79.0 Å². The van der Waals surface area contributed by atoms with E-state index in [1.165, 1.54) is 10.2 Å². The van der Waals surface area contributed by atoms with Crippen LogP contribution in [0.1, 0.15) is 22.8 Å². The van der Waals surface area contributed by atoms with Gasteiger partial charge in [0, 0.05) is 0 Å². The van der Waals surface area contributed by atoms with Crippen LogP contribution in [-0.4, -0.2) is 56.4 Å². The van der Waals surface area contributed by atoms with Crippen molar-refractivity contribution in [2.45, 2.75) is 61.7 Å². The summed E-state index contributed by atoms with van der Waals surface area (Å²) < 4.78 is 239. The van der Waals surface area contributed by atoms with Gasteiger partial charge < -0.3 is 0 Å². The van der Waals surface area contributed by atoms with Gasteiger partial charge in [0.25, 0.3) is 0 Å². The maximum Gasteiger partial charge on any atom is 0.460 e. The number of aryl methyl sites for hydroxylation is 2. The molecule has 0 bridgehead atoms. The van der Waals surface area contributed by atoms with Crippen LogP contribution in [0, 0.1) is 13.8 Å². The normalized spacial score (nSPS) is 15.4. The van der Waals surface area contributed by atoms with E-state index < -0.39 is 82.0 Å². The highest BCUT2D eigenvalue weighted by Crippen LogP contribution is 2.59. The van der Waals surface area contributed by atoms with Gasteiger partial charge in [-0.05, 0) is 13.8 Å². The molecular formula is C16H8F18N6. The molecule has 24 heteroatoms. The number of rotatable bonds is 8. The zero-order valence-electron chi connectivity index (χ0n) is 18.6. The second kappa shape index (κ2) is 9.14. The Hall–Kier alpha value is -3.24. The van der Waals surface area contributed by atoms with Gasteiger partial charge in [-0.25, -0.2) is 0 Å². The zero-order chi connectivity index (χ0) is 31.7. The van der Waals surface area contributed by atoms with E-state index in [4.69, 9.17) is 0 Å². The summed E-state index contributed by atoms with van der Waals surface area (Å²) >= 11 is 0. The van der Waals surface area contributed by atoms with Crippen LogP contribution in [0.15, 0.2) is 10.2 Å². The van der Waals surface area contributed by atoms with Gasteiger partial charge in [0.05, 0.1) is 11.4 Å². The number of azo groups is 1. The molecular weight excluding hydrogens is 618 g/mol. The van der Waals surface area contributed by atoms with Crippen molar-refractivity contribution in [3.63, 3.8) is 0 Å². The Bertz CT molecular complexity index is 1170. The van der Waals surface area contributed by atoms with Crippen LogP contribution in [0.2, 0.25) is 0 Å². The van der Waals surface area contributed by atoms with Crippen molar-refractivity contribution in [2.24, 2.45) is 10.2 Å². The first-order valence-electron chi connectivity index (χ1n) is 9.44. The lowest BCUT2D eigenvalue weighted by Gasteiger charge is -2.33. The van der Waals surface area contributed by atoms with Crippen LogP contribution in [0.3, 0.4) is 0 Å². The summed E-state index contributed by atoms with van der Waals surface area (Å²) in [6.07, 6.45) is -14.5. The van der Waals surface area contributed by atoms with Crippen molar-refractivity contribution in [1.82, 2.24) is 20.4 Å². The molecule has 0 radical (unpaired) electrons. The van der Waals surface area contributed by atoms with Crippen molar-refractivity contribution in [1.29, 1.82) is 0 Å². The molecule has 0 fully saturated rings. The third-order valence-corrected chi connectivity index (χ3v) is 4.96. The second-order valence-electron chi connectivity index (χ2n) is 7.73. The highest BCUT2D eigenvalue weighted by atomic mass is 19.4. The van der Waals surface area contributed by atoms with E-state index in [-0.39, 0.29) is 0 Å². The standard InChI is InChI=1S/C16H8F18N6/c1-3-5(7(39-35-3)9(17,18)11(21,22)13(25,26)15(29,30)31)37-38-6-4(2)36-40-8(6)10(19,20)12(23,24)14(27,28)16(32,33)34/h1-2H3,(H,35,39)(H,36,40). The Morgan fingerprint density at radius 3 is 0.925 bits per heavy atom. The van der Waals surface area contributed by atoms with Crippen LogP contribution >= 0.6 is 0 Å². The average Bonchev–Trinajstić information content (AvgIpc) is 3.32. The minimum Gasteiger partial charge on any atom is -0.280 e. The monoisotopic (exact) mass is 626 g/mol. The van der Waals surface area contributed by atoms with E-state index in [0.717, 1.165) is 0 Å². The Labute approximate surface area is 206 Å². The van der Waals surface area contributed by atoms with Gasteiger partial charge in [0.2, 0.25) is 0 Å². The molecule has 0 spiro atoms. The molecule has 0 saturated heterocycles. The summed E-state index contributed by atoms with van der Waals surface area (Å²) in [4.78, 5) is 0. The number of aromatic nitrogens is 4. The van der Waals surface area contributed by atoms with Crippen LogP contribution in [0.4, 0.5) is 90.4 Å². The molecule has 0 amide bonds. The van der Waals surface area contributed by atoms with E-state index in [9.17, 15) is 79.0 Å². The van der Waals surface area contributed by atoms with E-state index >= 15 is 0 Å².